The molecule has 0 aromatic heterocycles. The van der Waals surface area contributed by atoms with E-state index in [1.165, 1.54) is 0 Å². The van der Waals surface area contributed by atoms with Crippen LogP contribution in [0.1, 0.15) is 46.0 Å². The molecule has 0 aliphatic heterocycles. The fourth-order valence-electron chi connectivity index (χ4n) is 4.40. The maximum absolute atomic E-state index is 2.53. The van der Waals surface area contributed by atoms with Crippen LogP contribution in [0.2, 0.25) is 0 Å². The molecule has 0 atom stereocenters. The van der Waals surface area contributed by atoms with Gasteiger partial charge in [0, 0.05) is 0 Å². The molecule has 0 radical (unpaired) electrons. The van der Waals surface area contributed by atoms with Gasteiger partial charge in [0.25, 0.3) is 0 Å². The fraction of sp³-hybridized carbons (Fsp3) is 1.00. The van der Waals surface area contributed by atoms with Crippen molar-refractivity contribution in [2.24, 2.45) is 29.1 Å². The van der Waals surface area contributed by atoms with Crippen LogP contribution in [-0.2, 0) is 0 Å². The molecular formula is C12H20. The van der Waals surface area contributed by atoms with E-state index in [2.05, 4.69) is 13.8 Å². The van der Waals surface area contributed by atoms with E-state index in [0.717, 1.165) is 23.7 Å². The summed E-state index contributed by atoms with van der Waals surface area (Å²) < 4.78 is 0. The van der Waals surface area contributed by atoms with Crippen molar-refractivity contribution < 1.29 is 0 Å². The molecule has 0 heterocycles. The van der Waals surface area contributed by atoms with Gasteiger partial charge >= 0.3 is 0 Å². The molecule has 0 amide bonds. The second kappa shape index (κ2) is 2.08. The minimum atomic E-state index is 0.702. The van der Waals surface area contributed by atoms with Crippen molar-refractivity contribution >= 4 is 0 Å². The largest absolute Gasteiger partial charge is 0.0594 e. The smallest absolute Gasteiger partial charge is 0.0297 e. The van der Waals surface area contributed by atoms with Gasteiger partial charge in [-0.3, -0.25) is 0 Å². The summed E-state index contributed by atoms with van der Waals surface area (Å²) in [5.74, 6) is 4.46. The summed E-state index contributed by atoms with van der Waals surface area (Å²) in [4.78, 5) is 0. The van der Waals surface area contributed by atoms with Crippen molar-refractivity contribution in [3.8, 4) is 0 Å². The zero-order valence-electron chi connectivity index (χ0n) is 8.34. The molecular weight excluding hydrogens is 144 g/mol. The van der Waals surface area contributed by atoms with E-state index in [9.17, 15) is 0 Å². The Balaban J connectivity index is 1.96. The predicted octanol–water partition coefficient (Wildman–Crippen LogP) is 3.47. The molecule has 0 heteroatoms. The van der Waals surface area contributed by atoms with Crippen molar-refractivity contribution in [1.29, 1.82) is 0 Å². The van der Waals surface area contributed by atoms with Crippen LogP contribution in [-0.4, -0.2) is 0 Å². The number of rotatable bonds is 0. The van der Waals surface area contributed by atoms with E-state index in [-0.39, 0.29) is 0 Å². The van der Waals surface area contributed by atoms with E-state index in [1.54, 1.807) is 32.1 Å². The summed E-state index contributed by atoms with van der Waals surface area (Å²) in [6.07, 6.45) is 7.86. The third-order valence-corrected chi connectivity index (χ3v) is 5.24. The Kier molecular flexibility index (Phi) is 1.28. The molecule has 0 saturated heterocycles. The van der Waals surface area contributed by atoms with Crippen molar-refractivity contribution in [2.75, 3.05) is 0 Å². The number of hydrogen-bond donors (Lipinski definition) is 0. The highest BCUT2D eigenvalue weighted by Crippen LogP contribution is 2.61. The second-order valence-corrected chi connectivity index (χ2v) is 6.13. The molecule has 0 unspecified atom stereocenters. The van der Waals surface area contributed by atoms with Crippen molar-refractivity contribution in [3.05, 3.63) is 0 Å². The zero-order chi connectivity index (χ0) is 8.34. The summed E-state index contributed by atoms with van der Waals surface area (Å²) in [6, 6.07) is 0. The quantitative estimate of drug-likeness (QED) is 0.514. The average molecular weight is 164 g/mol. The molecule has 12 heavy (non-hydrogen) atoms. The summed E-state index contributed by atoms with van der Waals surface area (Å²) in [7, 11) is 0. The first kappa shape index (κ1) is 7.41. The molecule has 4 bridgehead atoms. The monoisotopic (exact) mass is 164 g/mol. The summed E-state index contributed by atoms with van der Waals surface area (Å²) in [5, 5.41) is 0. The summed E-state index contributed by atoms with van der Waals surface area (Å²) >= 11 is 0. The Labute approximate surface area is 75.7 Å². The van der Waals surface area contributed by atoms with Crippen molar-refractivity contribution in [2.45, 2.75) is 46.0 Å². The third kappa shape index (κ3) is 0.791. The highest BCUT2D eigenvalue weighted by molar-refractivity contribution is 5.02. The maximum Gasteiger partial charge on any atom is -0.0297 e. The van der Waals surface area contributed by atoms with Crippen LogP contribution < -0.4 is 0 Å². The lowest BCUT2D eigenvalue weighted by Gasteiger charge is -2.59. The van der Waals surface area contributed by atoms with Gasteiger partial charge < -0.3 is 0 Å². The van der Waals surface area contributed by atoms with Crippen LogP contribution in [0, 0.1) is 29.1 Å². The van der Waals surface area contributed by atoms with Gasteiger partial charge in [0.2, 0.25) is 0 Å². The number of hydrogen-bond acceptors (Lipinski definition) is 0. The molecule has 4 rings (SSSR count). The van der Waals surface area contributed by atoms with E-state index >= 15 is 0 Å². The van der Waals surface area contributed by atoms with Crippen LogP contribution in [0.15, 0.2) is 0 Å². The van der Waals surface area contributed by atoms with Crippen LogP contribution in [0.3, 0.4) is 0 Å². The molecule has 4 fully saturated rings. The Morgan fingerprint density at radius 2 is 1.17 bits per heavy atom. The van der Waals surface area contributed by atoms with Gasteiger partial charge in [0.15, 0.2) is 0 Å². The van der Waals surface area contributed by atoms with Gasteiger partial charge in [-0.2, -0.15) is 0 Å². The molecule has 68 valence electrons. The molecule has 0 nitrogen and oxygen atoms in total. The van der Waals surface area contributed by atoms with Crippen LogP contribution in [0.5, 0.6) is 0 Å². The van der Waals surface area contributed by atoms with E-state index < -0.39 is 0 Å². The fourth-order valence-corrected chi connectivity index (χ4v) is 4.40. The molecule has 4 aliphatic carbocycles. The highest BCUT2D eigenvalue weighted by atomic mass is 14.6. The lowest BCUT2D eigenvalue weighted by Crippen LogP contribution is -2.49. The van der Waals surface area contributed by atoms with Gasteiger partial charge in [-0.1, -0.05) is 13.8 Å². The summed E-state index contributed by atoms with van der Waals surface area (Å²) in [5.41, 5.74) is 0.702. The van der Waals surface area contributed by atoms with Crippen LogP contribution in [0.4, 0.5) is 0 Å². The minimum absolute atomic E-state index is 0.702. The molecule has 0 aromatic rings. The second-order valence-electron chi connectivity index (χ2n) is 6.13. The molecule has 4 saturated carbocycles. The van der Waals surface area contributed by atoms with Gasteiger partial charge in [0.05, 0.1) is 0 Å². The minimum Gasteiger partial charge on any atom is -0.0594 e. The first-order valence-electron chi connectivity index (χ1n) is 5.66. The SMILES string of the molecule is CC1(C)C2CC3CC(C2)CC1C3. The lowest BCUT2D eigenvalue weighted by molar-refractivity contribution is -0.0876. The highest BCUT2D eigenvalue weighted by Gasteiger charge is 2.52. The van der Waals surface area contributed by atoms with Crippen LogP contribution in [0.25, 0.3) is 0 Å². The third-order valence-electron chi connectivity index (χ3n) is 5.24. The standard InChI is InChI=1S/C12H20/c1-12(2)10-4-8-3-9(6-10)7-11(12)5-8/h8-11H,3-7H2,1-2H3. The Morgan fingerprint density at radius 3 is 1.58 bits per heavy atom. The molecule has 4 aliphatic rings. The topological polar surface area (TPSA) is 0 Å². The van der Waals surface area contributed by atoms with Gasteiger partial charge in [-0.25, -0.2) is 0 Å². The Hall–Kier alpha value is 0. The van der Waals surface area contributed by atoms with Crippen molar-refractivity contribution in [3.63, 3.8) is 0 Å². The zero-order valence-corrected chi connectivity index (χ0v) is 8.34. The Morgan fingerprint density at radius 1 is 0.750 bits per heavy atom. The molecule has 0 N–H and O–H groups in total. The van der Waals surface area contributed by atoms with Gasteiger partial charge in [-0.15, -0.1) is 0 Å². The van der Waals surface area contributed by atoms with Gasteiger partial charge in [-0.05, 0) is 61.2 Å². The maximum atomic E-state index is 2.53. The molecule has 0 aromatic carbocycles. The molecule has 0 spiro atoms. The first-order valence-corrected chi connectivity index (χ1v) is 5.66. The van der Waals surface area contributed by atoms with E-state index in [4.69, 9.17) is 0 Å². The predicted molar refractivity (Wildman–Crippen MR) is 50.8 cm³/mol. The van der Waals surface area contributed by atoms with E-state index in [1.807, 2.05) is 0 Å². The normalized spacial score (nSPS) is 54.5. The average Bonchev–Trinajstić information content (AvgIpc) is 1.99. The van der Waals surface area contributed by atoms with Crippen LogP contribution >= 0.6 is 0 Å². The first-order chi connectivity index (χ1) is 5.66. The lowest BCUT2D eigenvalue weighted by atomic mass is 9.46. The van der Waals surface area contributed by atoms with Crippen molar-refractivity contribution in [1.82, 2.24) is 0 Å². The van der Waals surface area contributed by atoms with E-state index in [0.29, 0.717) is 5.41 Å². The summed E-state index contributed by atoms with van der Waals surface area (Å²) in [6.45, 7) is 5.06. The Bertz CT molecular complexity index is 172. The van der Waals surface area contributed by atoms with Gasteiger partial charge in [0.1, 0.15) is 0 Å².